The molecule has 2 aromatic rings. The van der Waals surface area contributed by atoms with Crippen LogP contribution in [0.5, 0.6) is 0 Å². The van der Waals surface area contributed by atoms with Gasteiger partial charge < -0.3 is 4.74 Å². The molecule has 1 aromatic carbocycles. The van der Waals surface area contributed by atoms with Gasteiger partial charge in [0, 0.05) is 47.1 Å². The summed E-state index contributed by atoms with van der Waals surface area (Å²) in [7, 11) is -3.23. The summed E-state index contributed by atoms with van der Waals surface area (Å²) in [5.74, 6) is 0. The Bertz CT molecular complexity index is 1120. The van der Waals surface area contributed by atoms with Crippen LogP contribution in [0.4, 0.5) is 0 Å². The molecule has 0 bridgehead atoms. The summed E-state index contributed by atoms with van der Waals surface area (Å²) in [6, 6.07) is 11.9. The molecule has 5 nitrogen and oxygen atoms in total. The molecule has 0 radical (unpaired) electrons. The van der Waals surface area contributed by atoms with E-state index in [0.29, 0.717) is 0 Å². The van der Waals surface area contributed by atoms with Gasteiger partial charge in [0.1, 0.15) is 0 Å². The SMILES string of the molecule is CC1(C)C[C@H]([C@]2(CCc3ccc(S(C)(=O)=O)cn3)CCN(C3(c4ccc(Cl)cc4)CC3)C2)O1. The Hall–Kier alpha value is -1.47. The maximum atomic E-state index is 11.8. The van der Waals surface area contributed by atoms with Crippen LogP contribution in [0.15, 0.2) is 47.5 Å². The van der Waals surface area contributed by atoms with E-state index in [-0.39, 0.29) is 27.6 Å². The Morgan fingerprint density at radius 3 is 2.36 bits per heavy atom. The van der Waals surface area contributed by atoms with Gasteiger partial charge in [0.2, 0.25) is 0 Å². The molecule has 0 amide bonds. The minimum absolute atomic E-state index is 0.0477. The average Bonchev–Trinajstić information content (AvgIpc) is 3.44. The molecular formula is C26H33ClN2O3S. The van der Waals surface area contributed by atoms with Gasteiger partial charge in [-0.15, -0.1) is 0 Å². The fourth-order valence-electron chi connectivity index (χ4n) is 5.87. The number of halogens is 1. The molecule has 3 heterocycles. The predicted molar refractivity (Wildman–Crippen MR) is 130 cm³/mol. The number of aryl methyl sites for hydroxylation is 1. The topological polar surface area (TPSA) is 59.5 Å². The first kappa shape index (κ1) is 23.3. The number of benzene rings is 1. The van der Waals surface area contributed by atoms with Crippen LogP contribution in [-0.4, -0.2) is 49.4 Å². The lowest BCUT2D eigenvalue weighted by Crippen LogP contribution is -2.56. The van der Waals surface area contributed by atoms with Crippen molar-refractivity contribution in [1.29, 1.82) is 0 Å². The lowest BCUT2D eigenvalue weighted by molar-refractivity contribution is -0.231. The largest absolute Gasteiger partial charge is 0.372 e. The molecule has 0 spiro atoms. The zero-order valence-corrected chi connectivity index (χ0v) is 21.3. The van der Waals surface area contributed by atoms with Crippen molar-refractivity contribution in [2.24, 2.45) is 5.41 Å². The minimum atomic E-state index is -3.23. The summed E-state index contributed by atoms with van der Waals surface area (Å²) >= 11 is 6.15. The second-order valence-corrected chi connectivity index (χ2v) is 13.4. The van der Waals surface area contributed by atoms with E-state index in [1.807, 2.05) is 18.2 Å². The molecule has 3 fully saturated rings. The lowest BCUT2D eigenvalue weighted by Gasteiger charge is -2.52. The van der Waals surface area contributed by atoms with Gasteiger partial charge in [0.15, 0.2) is 9.84 Å². The molecule has 1 aromatic heterocycles. The summed E-state index contributed by atoms with van der Waals surface area (Å²) in [6.07, 6.45) is 9.36. The zero-order valence-electron chi connectivity index (χ0n) is 19.7. The number of rotatable bonds is 7. The number of hydrogen-bond acceptors (Lipinski definition) is 5. The van der Waals surface area contributed by atoms with E-state index in [1.54, 1.807) is 6.07 Å². The van der Waals surface area contributed by atoms with Crippen LogP contribution in [0.2, 0.25) is 5.02 Å². The molecule has 7 heteroatoms. The third-order valence-electron chi connectivity index (χ3n) is 8.02. The molecule has 0 unspecified atom stereocenters. The maximum Gasteiger partial charge on any atom is 0.177 e. The molecule has 1 saturated carbocycles. The van der Waals surface area contributed by atoms with Crippen molar-refractivity contribution in [3.05, 3.63) is 58.9 Å². The molecule has 2 aliphatic heterocycles. The van der Waals surface area contributed by atoms with Crippen LogP contribution >= 0.6 is 11.6 Å². The normalized spacial score (nSPS) is 28.4. The molecule has 1 aliphatic carbocycles. The van der Waals surface area contributed by atoms with Crippen LogP contribution in [0, 0.1) is 5.41 Å². The van der Waals surface area contributed by atoms with Gasteiger partial charge in [-0.05, 0) is 82.3 Å². The molecular weight excluding hydrogens is 456 g/mol. The van der Waals surface area contributed by atoms with E-state index in [2.05, 4.69) is 35.9 Å². The highest BCUT2D eigenvalue weighted by molar-refractivity contribution is 7.90. The lowest BCUT2D eigenvalue weighted by atomic mass is 9.70. The number of pyridine rings is 1. The number of nitrogens with zero attached hydrogens (tertiary/aromatic N) is 2. The van der Waals surface area contributed by atoms with Crippen LogP contribution < -0.4 is 0 Å². The van der Waals surface area contributed by atoms with Gasteiger partial charge in [0.05, 0.1) is 16.6 Å². The smallest absolute Gasteiger partial charge is 0.177 e. The molecule has 0 N–H and O–H groups in total. The number of sulfone groups is 1. The summed E-state index contributed by atoms with van der Waals surface area (Å²) < 4.78 is 29.9. The number of likely N-dealkylation sites (tertiary alicyclic amines) is 1. The Labute approximate surface area is 202 Å². The second kappa shape index (κ2) is 8.04. The molecule has 178 valence electrons. The Kier molecular flexibility index (Phi) is 5.67. The Balaban J connectivity index is 1.34. The highest BCUT2D eigenvalue weighted by atomic mass is 35.5. The van der Waals surface area contributed by atoms with Gasteiger partial charge in [-0.2, -0.15) is 0 Å². The fourth-order valence-corrected chi connectivity index (χ4v) is 6.56. The van der Waals surface area contributed by atoms with Crippen molar-refractivity contribution in [2.75, 3.05) is 19.3 Å². The Morgan fingerprint density at radius 2 is 1.82 bits per heavy atom. The molecule has 2 atom stereocenters. The van der Waals surface area contributed by atoms with Gasteiger partial charge in [-0.25, -0.2) is 8.42 Å². The van der Waals surface area contributed by atoms with Crippen molar-refractivity contribution in [2.45, 2.75) is 74.5 Å². The van der Waals surface area contributed by atoms with E-state index < -0.39 is 9.84 Å². The van der Waals surface area contributed by atoms with Crippen LogP contribution in [-0.2, 0) is 26.5 Å². The van der Waals surface area contributed by atoms with Gasteiger partial charge in [-0.1, -0.05) is 23.7 Å². The molecule has 3 aliphatic rings. The predicted octanol–water partition coefficient (Wildman–Crippen LogP) is 5.02. The van der Waals surface area contributed by atoms with Crippen molar-refractivity contribution in [3.63, 3.8) is 0 Å². The number of hydrogen-bond donors (Lipinski definition) is 0. The molecule has 5 rings (SSSR count). The van der Waals surface area contributed by atoms with Crippen LogP contribution in [0.3, 0.4) is 0 Å². The minimum Gasteiger partial charge on any atom is -0.372 e. The first-order chi connectivity index (χ1) is 15.5. The zero-order chi connectivity index (χ0) is 23.5. The number of aromatic nitrogens is 1. The Morgan fingerprint density at radius 1 is 1.12 bits per heavy atom. The average molecular weight is 489 g/mol. The van der Waals surface area contributed by atoms with E-state index in [9.17, 15) is 8.42 Å². The third-order valence-corrected chi connectivity index (χ3v) is 9.37. The first-order valence-electron chi connectivity index (χ1n) is 11.9. The van der Waals surface area contributed by atoms with E-state index in [4.69, 9.17) is 16.3 Å². The van der Waals surface area contributed by atoms with Crippen LogP contribution in [0.25, 0.3) is 0 Å². The third kappa shape index (κ3) is 4.47. The van der Waals surface area contributed by atoms with Gasteiger partial charge in [-0.3, -0.25) is 9.88 Å². The highest BCUT2D eigenvalue weighted by Gasteiger charge is 2.58. The van der Waals surface area contributed by atoms with Crippen LogP contribution in [0.1, 0.15) is 57.2 Å². The quantitative estimate of drug-likeness (QED) is 0.547. The second-order valence-electron chi connectivity index (χ2n) is 10.9. The number of ether oxygens (including phenoxy) is 1. The monoisotopic (exact) mass is 488 g/mol. The summed E-state index contributed by atoms with van der Waals surface area (Å²) in [5, 5.41) is 0.782. The fraction of sp³-hybridized carbons (Fsp3) is 0.577. The van der Waals surface area contributed by atoms with Gasteiger partial charge in [0.25, 0.3) is 0 Å². The highest BCUT2D eigenvalue weighted by Crippen LogP contribution is 2.57. The summed E-state index contributed by atoms with van der Waals surface area (Å²) in [4.78, 5) is 7.42. The van der Waals surface area contributed by atoms with E-state index in [0.717, 1.165) is 49.5 Å². The first-order valence-corrected chi connectivity index (χ1v) is 14.1. The van der Waals surface area contributed by atoms with Gasteiger partial charge >= 0.3 is 0 Å². The van der Waals surface area contributed by atoms with Crippen molar-refractivity contribution in [3.8, 4) is 0 Å². The van der Waals surface area contributed by atoms with Crippen molar-refractivity contribution in [1.82, 2.24) is 9.88 Å². The van der Waals surface area contributed by atoms with Crippen molar-refractivity contribution < 1.29 is 13.2 Å². The standard InChI is InChI=1S/C26H33ClN2O3S/c1-24(2)16-23(32-24)25(11-10-21-8-9-22(17-28-21)33(3,30)31)14-15-29(18-25)26(12-13-26)19-4-6-20(27)7-5-19/h4-9,17,23H,10-16,18H2,1-3H3/t23-,25-/m1/s1. The van der Waals surface area contributed by atoms with E-state index >= 15 is 0 Å². The van der Waals surface area contributed by atoms with E-state index in [1.165, 1.54) is 30.9 Å². The molecule has 33 heavy (non-hydrogen) atoms. The van der Waals surface area contributed by atoms with Crippen molar-refractivity contribution >= 4 is 21.4 Å². The summed E-state index contributed by atoms with van der Waals surface area (Å²) in [6.45, 7) is 6.44. The maximum absolute atomic E-state index is 11.8. The summed E-state index contributed by atoms with van der Waals surface area (Å²) in [5.41, 5.74) is 2.50. The molecule has 2 saturated heterocycles.